The summed E-state index contributed by atoms with van der Waals surface area (Å²) in [5.41, 5.74) is 3.32. The van der Waals surface area contributed by atoms with Crippen molar-refractivity contribution in [2.45, 2.75) is 25.7 Å². The molecule has 2 aliphatic heterocycles. The second-order valence-corrected chi connectivity index (χ2v) is 8.15. The van der Waals surface area contributed by atoms with E-state index in [4.69, 9.17) is 9.47 Å². The van der Waals surface area contributed by atoms with Crippen molar-refractivity contribution >= 4 is 11.6 Å². The van der Waals surface area contributed by atoms with Gasteiger partial charge in [0.05, 0.1) is 25.4 Å². The molecule has 2 fully saturated rings. The molecule has 5 rings (SSSR count). The van der Waals surface area contributed by atoms with Crippen LogP contribution in [-0.4, -0.2) is 31.4 Å². The van der Waals surface area contributed by atoms with Crippen LogP contribution < -0.4 is 4.74 Å². The molecule has 0 amide bonds. The van der Waals surface area contributed by atoms with Gasteiger partial charge in [0, 0.05) is 29.9 Å². The van der Waals surface area contributed by atoms with Crippen molar-refractivity contribution in [1.29, 1.82) is 0 Å². The largest absolute Gasteiger partial charge is 0.492 e. The molecule has 1 unspecified atom stereocenters. The number of carbonyl (C=O) groups is 2. The van der Waals surface area contributed by atoms with Gasteiger partial charge in [0.15, 0.2) is 11.6 Å². The maximum Gasteiger partial charge on any atom is 0.166 e. The highest BCUT2D eigenvalue weighted by Crippen LogP contribution is 2.53. The van der Waals surface area contributed by atoms with Gasteiger partial charge in [-0.25, -0.2) is 0 Å². The summed E-state index contributed by atoms with van der Waals surface area (Å²) in [5, 5.41) is 0. The van der Waals surface area contributed by atoms with Crippen molar-refractivity contribution in [2.24, 2.45) is 17.8 Å². The van der Waals surface area contributed by atoms with Crippen molar-refractivity contribution in [3.63, 3.8) is 0 Å². The zero-order valence-electron chi connectivity index (χ0n) is 16.0. The molecule has 2 heterocycles. The Labute approximate surface area is 164 Å². The second-order valence-electron chi connectivity index (χ2n) is 8.15. The van der Waals surface area contributed by atoms with Gasteiger partial charge in [0.25, 0.3) is 0 Å². The predicted octanol–water partition coefficient (Wildman–Crippen LogP) is 4.27. The number of benzene rings is 2. The summed E-state index contributed by atoms with van der Waals surface area (Å²) >= 11 is 0. The van der Waals surface area contributed by atoms with Gasteiger partial charge in [-0.15, -0.1) is 0 Å². The molecule has 4 atom stereocenters. The monoisotopic (exact) mass is 376 g/mol. The van der Waals surface area contributed by atoms with Crippen LogP contribution in [-0.2, 0) is 4.74 Å². The topological polar surface area (TPSA) is 52.6 Å². The summed E-state index contributed by atoms with van der Waals surface area (Å²) in [7, 11) is 0. The molecule has 28 heavy (non-hydrogen) atoms. The lowest BCUT2D eigenvalue weighted by Crippen LogP contribution is -2.09. The number of rotatable bonds is 6. The van der Waals surface area contributed by atoms with E-state index >= 15 is 0 Å². The first-order valence-corrected chi connectivity index (χ1v) is 10.2. The number of Topliss-reactive ketones (excluding diaryl/α,β-unsaturated/α-hetero) is 2. The van der Waals surface area contributed by atoms with Gasteiger partial charge in [0.1, 0.15) is 5.75 Å². The fourth-order valence-corrected chi connectivity index (χ4v) is 4.84. The van der Waals surface area contributed by atoms with Gasteiger partial charge in [-0.2, -0.15) is 0 Å². The Morgan fingerprint density at radius 3 is 2.46 bits per heavy atom. The minimum absolute atomic E-state index is 0.0244. The Bertz CT molecular complexity index is 923. The Morgan fingerprint density at radius 2 is 1.75 bits per heavy atom. The Hall–Kier alpha value is -2.46. The number of hydrogen-bond acceptors (Lipinski definition) is 4. The lowest BCUT2D eigenvalue weighted by atomic mass is 9.88. The van der Waals surface area contributed by atoms with E-state index in [1.165, 1.54) is 0 Å². The molecule has 1 saturated carbocycles. The van der Waals surface area contributed by atoms with E-state index in [1.807, 2.05) is 31.2 Å². The van der Waals surface area contributed by atoms with Crippen molar-refractivity contribution in [3.8, 4) is 5.75 Å². The van der Waals surface area contributed by atoms with Gasteiger partial charge in [-0.3, -0.25) is 9.59 Å². The van der Waals surface area contributed by atoms with Gasteiger partial charge < -0.3 is 9.47 Å². The first-order valence-electron chi connectivity index (χ1n) is 10.2. The summed E-state index contributed by atoms with van der Waals surface area (Å²) in [6, 6.07) is 13.9. The van der Waals surface area contributed by atoms with Crippen LogP contribution in [0.2, 0.25) is 0 Å². The van der Waals surface area contributed by atoms with E-state index < -0.39 is 0 Å². The summed E-state index contributed by atoms with van der Waals surface area (Å²) in [6.45, 7) is 3.93. The highest BCUT2D eigenvalue weighted by molar-refractivity contribution is 6.04. The average Bonchev–Trinajstić information content (AvgIpc) is 3.10. The third-order valence-electron chi connectivity index (χ3n) is 6.58. The third kappa shape index (κ3) is 2.87. The zero-order valence-corrected chi connectivity index (χ0v) is 16.0. The molecule has 4 nitrogen and oxygen atoms in total. The molecule has 1 saturated heterocycles. The molecular weight excluding hydrogens is 352 g/mol. The highest BCUT2D eigenvalue weighted by Gasteiger charge is 2.54. The molecule has 0 aromatic heterocycles. The van der Waals surface area contributed by atoms with E-state index in [1.54, 1.807) is 6.07 Å². The quantitative estimate of drug-likeness (QED) is 0.707. The second kappa shape index (κ2) is 6.85. The highest BCUT2D eigenvalue weighted by atomic mass is 16.5. The SMILES string of the molecule is CCC(=O)c1cc(C(=O)CC2[C@H]3COC[C@@H]23)cc2c1OC[C@@H]2c1ccccc1. The first kappa shape index (κ1) is 17.6. The van der Waals surface area contributed by atoms with Crippen LogP contribution >= 0.6 is 0 Å². The molecule has 4 heteroatoms. The molecule has 3 aliphatic rings. The molecule has 0 radical (unpaired) electrons. The molecule has 1 aliphatic carbocycles. The fourth-order valence-electron chi connectivity index (χ4n) is 4.84. The van der Waals surface area contributed by atoms with E-state index in [0.717, 1.165) is 24.3 Å². The van der Waals surface area contributed by atoms with Crippen LogP contribution in [0.25, 0.3) is 0 Å². The van der Waals surface area contributed by atoms with Gasteiger partial charge in [0.2, 0.25) is 0 Å². The first-order chi connectivity index (χ1) is 13.7. The summed E-state index contributed by atoms with van der Waals surface area (Å²) in [5.74, 6) is 2.42. The normalized spacial score (nSPS) is 27.0. The van der Waals surface area contributed by atoms with Crippen molar-refractivity contribution in [1.82, 2.24) is 0 Å². The molecular formula is C24H24O4. The molecule has 0 spiro atoms. The van der Waals surface area contributed by atoms with Gasteiger partial charge >= 0.3 is 0 Å². The average molecular weight is 376 g/mol. The van der Waals surface area contributed by atoms with E-state index in [9.17, 15) is 9.59 Å². The minimum atomic E-state index is 0.0244. The van der Waals surface area contributed by atoms with Crippen LogP contribution in [0.4, 0.5) is 0 Å². The Kier molecular flexibility index (Phi) is 4.31. The predicted molar refractivity (Wildman–Crippen MR) is 105 cm³/mol. The van der Waals surface area contributed by atoms with Gasteiger partial charge in [-0.05, 0) is 35.4 Å². The summed E-state index contributed by atoms with van der Waals surface area (Å²) < 4.78 is 11.4. The minimum Gasteiger partial charge on any atom is -0.492 e. The lowest BCUT2D eigenvalue weighted by Gasteiger charge is -2.13. The number of fused-ring (bicyclic) bond motifs is 2. The standard InChI is InChI=1S/C24H24O4/c1-2-22(25)18-9-15(23(26)10-16-20-11-27-12-21(16)20)8-17-19(13-28-24(17)18)14-6-4-3-5-7-14/h3-9,16,19-21H,2,10-13H2,1H3/t16?,19-,20-,21+/m1/s1. The molecule has 0 bridgehead atoms. The molecule has 2 aromatic rings. The van der Waals surface area contributed by atoms with Crippen LogP contribution in [0, 0.1) is 17.8 Å². The fraction of sp³-hybridized carbons (Fsp3) is 0.417. The van der Waals surface area contributed by atoms with E-state index in [0.29, 0.717) is 54.1 Å². The van der Waals surface area contributed by atoms with Crippen LogP contribution in [0.1, 0.15) is 57.5 Å². The third-order valence-corrected chi connectivity index (χ3v) is 6.58. The Balaban J connectivity index is 1.50. The summed E-state index contributed by atoms with van der Waals surface area (Å²) in [6.07, 6.45) is 0.946. The summed E-state index contributed by atoms with van der Waals surface area (Å²) in [4.78, 5) is 25.6. The van der Waals surface area contributed by atoms with E-state index in [-0.39, 0.29) is 17.5 Å². The van der Waals surface area contributed by atoms with Crippen LogP contribution in [0.3, 0.4) is 0 Å². The maximum absolute atomic E-state index is 13.0. The van der Waals surface area contributed by atoms with Crippen LogP contribution in [0.5, 0.6) is 5.75 Å². The molecule has 144 valence electrons. The number of ketones is 2. The maximum atomic E-state index is 13.0. The lowest BCUT2D eigenvalue weighted by molar-refractivity contribution is 0.0951. The van der Waals surface area contributed by atoms with Gasteiger partial charge in [-0.1, -0.05) is 37.3 Å². The molecule has 0 N–H and O–H groups in total. The Morgan fingerprint density at radius 1 is 1.00 bits per heavy atom. The van der Waals surface area contributed by atoms with Crippen LogP contribution in [0.15, 0.2) is 42.5 Å². The van der Waals surface area contributed by atoms with Crippen molar-refractivity contribution in [3.05, 3.63) is 64.7 Å². The number of carbonyl (C=O) groups excluding carboxylic acids is 2. The number of hydrogen-bond donors (Lipinski definition) is 0. The number of ether oxygens (including phenoxy) is 2. The zero-order chi connectivity index (χ0) is 19.3. The molecule has 2 aromatic carbocycles. The smallest absolute Gasteiger partial charge is 0.166 e. The van der Waals surface area contributed by atoms with E-state index in [2.05, 4.69) is 12.1 Å². The van der Waals surface area contributed by atoms with Crippen molar-refractivity contribution < 1.29 is 19.1 Å². The van der Waals surface area contributed by atoms with Crippen molar-refractivity contribution in [2.75, 3.05) is 19.8 Å².